The zero-order valence-corrected chi connectivity index (χ0v) is 33.6. The number of anilines is 2. The molecule has 3 saturated heterocycles. The number of ether oxygens (including phenoxy) is 1. The molecule has 0 radical (unpaired) electrons. The number of benzene rings is 3. The molecule has 4 aliphatic heterocycles. The van der Waals surface area contributed by atoms with Crippen molar-refractivity contribution in [3.63, 3.8) is 0 Å². The highest BCUT2D eigenvalue weighted by Gasteiger charge is 2.64. The number of nitrogens with zero attached hydrogens (tertiary/aromatic N) is 5. The van der Waals surface area contributed by atoms with Gasteiger partial charge < -0.3 is 25.0 Å². The molecule has 5 amide bonds. The van der Waals surface area contributed by atoms with Gasteiger partial charge in [-0.1, -0.05) is 39.3 Å². The molecule has 8 rings (SSSR count). The minimum Gasteiger partial charge on any atom is -0.489 e. The maximum Gasteiger partial charge on any atom is 0.262 e. The number of hydrogen-bond donors (Lipinski definition) is 3. The molecular weight excluding hydrogens is 762 g/mol. The largest absolute Gasteiger partial charge is 0.489 e. The van der Waals surface area contributed by atoms with Crippen LogP contribution in [0.2, 0.25) is 5.02 Å². The fourth-order valence-electron chi connectivity index (χ4n) is 9.82. The van der Waals surface area contributed by atoms with Crippen molar-refractivity contribution in [2.75, 3.05) is 55.6 Å². The smallest absolute Gasteiger partial charge is 0.262 e. The second-order valence-corrected chi connectivity index (χ2v) is 17.8. The van der Waals surface area contributed by atoms with Gasteiger partial charge in [0.05, 0.1) is 21.7 Å². The van der Waals surface area contributed by atoms with Gasteiger partial charge in [-0.05, 0) is 61.0 Å². The lowest BCUT2D eigenvalue weighted by Gasteiger charge is -2.63. The third-order valence-corrected chi connectivity index (χ3v) is 12.9. The molecular formula is C43H46ClN7O7. The molecule has 3 aromatic rings. The fraction of sp³-hybridized carbons (Fsp3) is 0.442. The predicted octanol–water partition coefficient (Wildman–Crippen LogP) is 3.60. The number of imide groups is 2. The molecule has 3 aromatic carbocycles. The van der Waals surface area contributed by atoms with E-state index in [4.69, 9.17) is 16.3 Å². The maximum absolute atomic E-state index is 13.5. The average molecular weight is 808 g/mol. The van der Waals surface area contributed by atoms with Crippen molar-refractivity contribution >= 4 is 52.5 Å². The summed E-state index contributed by atoms with van der Waals surface area (Å²) >= 11 is 6.24. The second kappa shape index (κ2) is 14.4. The number of hydrogen-bond acceptors (Lipinski definition) is 11. The number of piperazine rings is 1. The first-order chi connectivity index (χ1) is 27.5. The summed E-state index contributed by atoms with van der Waals surface area (Å²) in [4.78, 5) is 71.3. The molecule has 4 fully saturated rings. The number of amides is 5. The first kappa shape index (κ1) is 39.3. The Morgan fingerprint density at radius 1 is 0.897 bits per heavy atom. The normalized spacial score (nSPS) is 24.6. The van der Waals surface area contributed by atoms with E-state index < -0.39 is 35.3 Å². The summed E-state index contributed by atoms with van der Waals surface area (Å²) in [6, 6.07) is 18.6. The van der Waals surface area contributed by atoms with Gasteiger partial charge in [-0.2, -0.15) is 5.26 Å². The van der Waals surface area contributed by atoms with Gasteiger partial charge in [0.1, 0.15) is 29.6 Å². The number of β-amino-alcohol motifs (C(OH)–C–C–N with tert-alkyl or cyclic N) is 1. The highest BCUT2D eigenvalue weighted by atomic mass is 35.5. The van der Waals surface area contributed by atoms with Crippen LogP contribution in [0.5, 0.6) is 5.75 Å². The van der Waals surface area contributed by atoms with Crippen LogP contribution in [-0.2, 0) is 9.59 Å². The van der Waals surface area contributed by atoms with Gasteiger partial charge in [-0.3, -0.25) is 39.1 Å². The molecule has 3 N–H and O–H groups in total. The van der Waals surface area contributed by atoms with Crippen LogP contribution in [0.25, 0.3) is 0 Å². The van der Waals surface area contributed by atoms with E-state index in [1.807, 2.05) is 29.2 Å². The van der Waals surface area contributed by atoms with E-state index in [0.29, 0.717) is 47.2 Å². The lowest BCUT2D eigenvalue weighted by atomic mass is 9.49. The Morgan fingerprint density at radius 3 is 2.19 bits per heavy atom. The third-order valence-electron chi connectivity index (χ3n) is 12.6. The summed E-state index contributed by atoms with van der Waals surface area (Å²) in [5, 5.41) is 26.4. The number of halogens is 1. The van der Waals surface area contributed by atoms with E-state index in [0.717, 1.165) is 36.8 Å². The average Bonchev–Trinajstić information content (AvgIpc) is 3.43. The quantitative estimate of drug-likeness (QED) is 0.270. The van der Waals surface area contributed by atoms with Crippen LogP contribution < -0.4 is 25.2 Å². The van der Waals surface area contributed by atoms with Gasteiger partial charge in [0.15, 0.2) is 0 Å². The van der Waals surface area contributed by atoms with Gasteiger partial charge in [0.2, 0.25) is 11.8 Å². The molecule has 0 bridgehead atoms. The lowest BCUT2D eigenvalue weighted by molar-refractivity contribution is -0.164. The summed E-state index contributed by atoms with van der Waals surface area (Å²) in [6.45, 7) is 12.5. The van der Waals surface area contributed by atoms with E-state index in [1.54, 1.807) is 36.4 Å². The fourth-order valence-corrected chi connectivity index (χ4v) is 10.0. The summed E-state index contributed by atoms with van der Waals surface area (Å²) in [6.07, 6.45) is -0.0497. The van der Waals surface area contributed by atoms with Gasteiger partial charge in [0, 0.05) is 92.1 Å². The number of carbonyl (C=O) groups is 5. The van der Waals surface area contributed by atoms with Crippen LogP contribution in [0.1, 0.15) is 77.2 Å². The highest BCUT2D eigenvalue weighted by Crippen LogP contribution is 2.55. The van der Waals surface area contributed by atoms with E-state index in [2.05, 4.69) is 54.2 Å². The monoisotopic (exact) mass is 807 g/mol. The molecule has 5 aliphatic rings. The predicted molar refractivity (Wildman–Crippen MR) is 215 cm³/mol. The van der Waals surface area contributed by atoms with Crippen molar-refractivity contribution in [1.82, 2.24) is 20.4 Å². The van der Waals surface area contributed by atoms with Gasteiger partial charge in [-0.15, -0.1) is 0 Å². The molecule has 1 atom stereocenters. The number of nitrogens with one attached hydrogen (secondary N) is 2. The minimum atomic E-state index is -1.02. The molecule has 1 saturated carbocycles. The summed E-state index contributed by atoms with van der Waals surface area (Å²) in [7, 11) is 0. The highest BCUT2D eigenvalue weighted by molar-refractivity contribution is 6.31. The van der Waals surface area contributed by atoms with Crippen molar-refractivity contribution in [2.45, 2.75) is 64.3 Å². The van der Waals surface area contributed by atoms with E-state index in [1.165, 1.54) is 0 Å². The van der Waals surface area contributed by atoms with Crippen LogP contribution in [0.3, 0.4) is 0 Å². The Balaban J connectivity index is 0.809. The Labute approximate surface area is 341 Å². The second-order valence-electron chi connectivity index (χ2n) is 17.4. The van der Waals surface area contributed by atoms with E-state index in [-0.39, 0.29) is 52.9 Å². The topological polar surface area (TPSA) is 176 Å². The molecule has 4 heterocycles. The minimum absolute atomic E-state index is 0.0575. The molecule has 302 valence electrons. The Hall–Kier alpha value is -5.49. The molecule has 0 aromatic heterocycles. The number of rotatable bonds is 9. The standard InChI is InChI=1S/C43H46ClN7O7/c1-41(2)39(42(3,4)40(41)58-29-11-7-26(21-45)32(44)20-29)47-35(53)25-5-8-27(9-6-25)49-17-15-48(16-18-49)22-43(57)23-50(24-43)28-10-12-30-31(19-28)38(56)51(37(30)55)33-13-14-34(52)46-36(33)54/h5-12,19-20,33,39-40,57H,13-18,22-24H2,1-4H3,(H,47,53)(H,46,52,54). The zero-order valence-electron chi connectivity index (χ0n) is 32.9. The van der Waals surface area contributed by atoms with Crippen molar-refractivity contribution in [2.24, 2.45) is 10.8 Å². The summed E-state index contributed by atoms with van der Waals surface area (Å²) in [5.74, 6) is -1.75. The molecule has 0 spiro atoms. The number of fused-ring (bicyclic) bond motifs is 1. The van der Waals surface area contributed by atoms with Gasteiger partial charge in [0.25, 0.3) is 17.7 Å². The lowest BCUT2D eigenvalue weighted by Crippen LogP contribution is -2.74. The summed E-state index contributed by atoms with van der Waals surface area (Å²) < 4.78 is 6.36. The van der Waals surface area contributed by atoms with Crippen LogP contribution in [-0.4, -0.2) is 114 Å². The summed E-state index contributed by atoms with van der Waals surface area (Å²) in [5.41, 5.74) is 1.42. The van der Waals surface area contributed by atoms with Gasteiger partial charge in [-0.25, -0.2) is 0 Å². The maximum atomic E-state index is 13.5. The first-order valence-corrected chi connectivity index (χ1v) is 19.9. The van der Waals surface area contributed by atoms with E-state index >= 15 is 0 Å². The van der Waals surface area contributed by atoms with Crippen LogP contribution in [0.4, 0.5) is 11.4 Å². The molecule has 1 aliphatic carbocycles. The number of nitriles is 1. The first-order valence-electron chi connectivity index (χ1n) is 19.6. The SMILES string of the molecule is CC1(C)C(NC(=O)c2ccc(N3CCN(CC4(O)CN(c5ccc6c(c5)C(=O)N(C5CCC(=O)NC5=O)C6=O)C4)CC3)cc2)C(C)(C)C1Oc1ccc(C#N)c(Cl)c1. The molecule has 58 heavy (non-hydrogen) atoms. The van der Waals surface area contributed by atoms with Crippen LogP contribution >= 0.6 is 11.6 Å². The molecule has 14 nitrogen and oxygen atoms in total. The van der Waals surface area contributed by atoms with Crippen LogP contribution in [0, 0.1) is 22.2 Å². The van der Waals surface area contributed by atoms with Crippen molar-refractivity contribution in [3.05, 3.63) is 87.9 Å². The Bertz CT molecular complexity index is 2240. The Morgan fingerprint density at radius 2 is 1.55 bits per heavy atom. The number of aliphatic hydroxyl groups is 1. The molecule has 15 heteroatoms. The number of carbonyl (C=O) groups excluding carboxylic acids is 5. The molecule has 1 unspecified atom stereocenters. The van der Waals surface area contributed by atoms with Gasteiger partial charge >= 0.3 is 0 Å². The van der Waals surface area contributed by atoms with E-state index in [9.17, 15) is 34.3 Å². The Kier molecular flexibility index (Phi) is 9.77. The van der Waals surface area contributed by atoms with Crippen molar-refractivity contribution < 1.29 is 33.8 Å². The number of piperidine rings is 1. The van der Waals surface area contributed by atoms with Crippen molar-refractivity contribution in [1.29, 1.82) is 5.26 Å². The zero-order chi connectivity index (χ0) is 41.3. The van der Waals surface area contributed by atoms with Crippen molar-refractivity contribution in [3.8, 4) is 11.8 Å². The van der Waals surface area contributed by atoms with Crippen LogP contribution in [0.15, 0.2) is 60.7 Å². The third kappa shape index (κ3) is 6.84.